The van der Waals surface area contributed by atoms with Crippen molar-refractivity contribution < 1.29 is 32.9 Å². The van der Waals surface area contributed by atoms with E-state index in [9.17, 15) is 19.4 Å². The minimum atomic E-state index is -4.33. The van der Waals surface area contributed by atoms with Crippen LogP contribution in [-0.2, 0) is 18.4 Å². The molecule has 0 saturated carbocycles. The lowest BCUT2D eigenvalue weighted by Crippen LogP contribution is -2.45. The number of amides is 1. The van der Waals surface area contributed by atoms with Crippen LogP contribution >= 0.6 is 7.82 Å². The van der Waals surface area contributed by atoms with Crippen LogP contribution in [0.15, 0.2) is 12.2 Å². The van der Waals surface area contributed by atoms with Gasteiger partial charge in [0.2, 0.25) is 5.91 Å². The summed E-state index contributed by atoms with van der Waals surface area (Å²) in [4.78, 5) is 23.1. The number of phosphoric acid groups is 1. The first-order chi connectivity index (χ1) is 25.5. The van der Waals surface area contributed by atoms with E-state index in [0.29, 0.717) is 17.4 Å². The van der Waals surface area contributed by atoms with Gasteiger partial charge in [-0.2, -0.15) is 0 Å². The van der Waals surface area contributed by atoms with Gasteiger partial charge < -0.3 is 19.8 Å². The molecule has 0 heterocycles. The van der Waals surface area contributed by atoms with Crippen LogP contribution in [0.4, 0.5) is 0 Å². The SMILES string of the molecule is CCCCCCCCCCCC/C=C/C(O)C(COP(=O)(O)OCC[N+](C)(C)C)NC(=O)CCCCCCCCCCCCCCCCCCCCC. The number of nitrogens with one attached hydrogen (secondary N) is 1. The van der Waals surface area contributed by atoms with E-state index in [1.807, 2.05) is 27.2 Å². The summed E-state index contributed by atoms with van der Waals surface area (Å²) >= 11 is 0. The Bertz CT molecular complexity index is 880. The minimum absolute atomic E-state index is 0.0645. The number of hydrogen-bond donors (Lipinski definition) is 3. The molecule has 3 N–H and O–H groups in total. The van der Waals surface area contributed by atoms with Gasteiger partial charge in [0.15, 0.2) is 0 Å². The number of quaternary nitrogens is 1. The van der Waals surface area contributed by atoms with Crippen LogP contribution in [0.1, 0.15) is 213 Å². The van der Waals surface area contributed by atoms with E-state index in [0.717, 1.165) is 38.5 Å². The molecule has 0 spiro atoms. The van der Waals surface area contributed by atoms with Crippen molar-refractivity contribution in [1.29, 1.82) is 0 Å². The van der Waals surface area contributed by atoms with Crippen molar-refractivity contribution in [2.24, 2.45) is 0 Å². The maximum absolute atomic E-state index is 12.9. The molecule has 0 aromatic carbocycles. The van der Waals surface area contributed by atoms with Crippen molar-refractivity contribution in [3.05, 3.63) is 12.2 Å². The van der Waals surface area contributed by atoms with Gasteiger partial charge in [-0.3, -0.25) is 13.8 Å². The Labute approximate surface area is 329 Å². The summed E-state index contributed by atoms with van der Waals surface area (Å²) in [6, 6.07) is -0.839. The summed E-state index contributed by atoms with van der Waals surface area (Å²) in [5, 5.41) is 13.8. The lowest BCUT2D eigenvalue weighted by atomic mass is 10.0. The van der Waals surface area contributed by atoms with Gasteiger partial charge in [-0.25, -0.2) is 4.57 Å². The quantitative estimate of drug-likeness (QED) is 0.0247. The van der Waals surface area contributed by atoms with Gasteiger partial charge in [-0.1, -0.05) is 199 Å². The first-order valence-corrected chi connectivity index (χ1v) is 24.1. The molecule has 3 atom stereocenters. The molecule has 53 heavy (non-hydrogen) atoms. The normalized spacial score (nSPS) is 14.5. The first kappa shape index (κ1) is 52.2. The minimum Gasteiger partial charge on any atom is -0.387 e. The highest BCUT2D eigenvalue weighted by Gasteiger charge is 2.27. The number of rotatable bonds is 41. The van der Waals surface area contributed by atoms with E-state index in [2.05, 4.69) is 19.2 Å². The van der Waals surface area contributed by atoms with Crippen LogP contribution in [0, 0.1) is 0 Å². The predicted molar refractivity (Wildman–Crippen MR) is 226 cm³/mol. The maximum atomic E-state index is 12.9. The maximum Gasteiger partial charge on any atom is 0.472 e. The third-order valence-corrected chi connectivity index (χ3v) is 11.2. The summed E-state index contributed by atoms with van der Waals surface area (Å²) < 4.78 is 23.5. The second-order valence-electron chi connectivity index (χ2n) is 16.8. The Morgan fingerprint density at radius 1 is 0.623 bits per heavy atom. The summed E-state index contributed by atoms with van der Waals surface area (Å²) in [5.41, 5.74) is 0. The number of carbonyl (C=O) groups excluding carboxylic acids is 1. The van der Waals surface area contributed by atoms with E-state index >= 15 is 0 Å². The van der Waals surface area contributed by atoms with Crippen LogP contribution in [-0.4, -0.2) is 73.4 Å². The molecule has 0 aliphatic heterocycles. The Kier molecular flexibility index (Phi) is 36.3. The summed E-state index contributed by atoms with van der Waals surface area (Å²) in [7, 11) is 1.58. The number of aliphatic hydroxyl groups is 1. The molecule has 0 bridgehead atoms. The molecule has 0 aromatic rings. The molecule has 0 aliphatic rings. The number of allylic oxidation sites excluding steroid dienone is 1. The third kappa shape index (κ3) is 39.3. The van der Waals surface area contributed by atoms with Crippen LogP contribution < -0.4 is 5.32 Å². The van der Waals surface area contributed by atoms with E-state index < -0.39 is 20.0 Å². The zero-order valence-corrected chi connectivity index (χ0v) is 36.7. The molecular formula is C44H90N2O6P+. The van der Waals surface area contributed by atoms with Gasteiger partial charge in [0.05, 0.1) is 39.9 Å². The van der Waals surface area contributed by atoms with Gasteiger partial charge in [0.25, 0.3) is 0 Å². The molecular weight excluding hydrogens is 683 g/mol. The lowest BCUT2D eigenvalue weighted by Gasteiger charge is -2.25. The number of carbonyl (C=O) groups is 1. The van der Waals surface area contributed by atoms with Gasteiger partial charge in [-0.05, 0) is 19.3 Å². The molecule has 0 saturated heterocycles. The monoisotopic (exact) mass is 774 g/mol. The highest BCUT2D eigenvalue weighted by atomic mass is 31.2. The molecule has 9 heteroatoms. The molecule has 3 unspecified atom stereocenters. The van der Waals surface area contributed by atoms with Crippen LogP contribution in [0.3, 0.4) is 0 Å². The van der Waals surface area contributed by atoms with Crippen LogP contribution in [0.2, 0.25) is 0 Å². The average Bonchev–Trinajstić information content (AvgIpc) is 3.10. The Morgan fingerprint density at radius 3 is 1.40 bits per heavy atom. The molecule has 0 rings (SSSR count). The molecule has 0 aliphatic carbocycles. The highest BCUT2D eigenvalue weighted by Crippen LogP contribution is 2.43. The molecule has 0 radical (unpaired) electrons. The van der Waals surface area contributed by atoms with E-state index in [-0.39, 0.29) is 19.1 Å². The Hall–Kier alpha value is -0.760. The standard InChI is InChI=1S/C44H89N2O6P/c1-6-8-10-12-14-16-18-20-21-22-23-24-25-26-28-30-32-34-36-38-44(48)45-42(41-52-53(49,50)51-40-39-46(3,4)5)43(47)37-35-33-31-29-27-19-17-15-13-11-9-7-2/h35,37,42-43,47H,6-34,36,38-41H2,1-5H3,(H-,45,48,49,50)/p+1/b37-35+. The first-order valence-electron chi connectivity index (χ1n) is 22.6. The van der Waals surface area contributed by atoms with E-state index in [1.54, 1.807) is 6.08 Å². The Balaban J connectivity index is 4.32. The zero-order valence-electron chi connectivity index (χ0n) is 35.8. The molecule has 1 amide bonds. The fourth-order valence-corrected chi connectivity index (χ4v) is 7.37. The predicted octanol–water partition coefficient (Wildman–Crippen LogP) is 12.4. The van der Waals surface area contributed by atoms with Crippen molar-refractivity contribution in [2.45, 2.75) is 225 Å². The topological polar surface area (TPSA) is 105 Å². The Morgan fingerprint density at radius 2 is 1.00 bits per heavy atom. The molecule has 8 nitrogen and oxygen atoms in total. The van der Waals surface area contributed by atoms with Crippen LogP contribution in [0.25, 0.3) is 0 Å². The molecule has 316 valence electrons. The molecule has 0 fully saturated rings. The van der Waals surface area contributed by atoms with Crippen molar-refractivity contribution in [2.75, 3.05) is 40.9 Å². The third-order valence-electron chi connectivity index (χ3n) is 10.3. The summed E-state index contributed by atoms with van der Waals surface area (Å²) in [6.07, 6.45) is 41.3. The van der Waals surface area contributed by atoms with Crippen molar-refractivity contribution >= 4 is 13.7 Å². The number of aliphatic hydroxyl groups excluding tert-OH is 1. The van der Waals surface area contributed by atoms with Gasteiger partial charge in [-0.15, -0.1) is 0 Å². The number of hydrogen-bond acceptors (Lipinski definition) is 5. The average molecular weight is 774 g/mol. The van der Waals surface area contributed by atoms with E-state index in [4.69, 9.17) is 9.05 Å². The van der Waals surface area contributed by atoms with Crippen molar-refractivity contribution in [3.8, 4) is 0 Å². The van der Waals surface area contributed by atoms with E-state index in [1.165, 1.54) is 154 Å². The van der Waals surface area contributed by atoms with Gasteiger partial charge in [0.1, 0.15) is 13.2 Å². The van der Waals surface area contributed by atoms with Crippen molar-refractivity contribution in [1.82, 2.24) is 5.32 Å². The lowest BCUT2D eigenvalue weighted by molar-refractivity contribution is -0.870. The summed E-state index contributed by atoms with van der Waals surface area (Å²) in [6.45, 7) is 4.82. The zero-order chi connectivity index (χ0) is 39.3. The second-order valence-corrected chi connectivity index (χ2v) is 18.2. The smallest absolute Gasteiger partial charge is 0.387 e. The largest absolute Gasteiger partial charge is 0.472 e. The number of unbranched alkanes of at least 4 members (excludes halogenated alkanes) is 28. The summed E-state index contributed by atoms with van der Waals surface area (Å²) in [5.74, 6) is -0.175. The van der Waals surface area contributed by atoms with Crippen molar-refractivity contribution in [3.63, 3.8) is 0 Å². The number of nitrogens with zero attached hydrogens (tertiary/aromatic N) is 1. The van der Waals surface area contributed by atoms with Gasteiger partial charge >= 0.3 is 7.82 Å². The second kappa shape index (κ2) is 36.9. The number of phosphoric ester groups is 1. The fraction of sp³-hybridized carbons (Fsp3) is 0.932. The van der Waals surface area contributed by atoms with Crippen LogP contribution in [0.5, 0.6) is 0 Å². The fourth-order valence-electron chi connectivity index (χ4n) is 6.63. The highest BCUT2D eigenvalue weighted by molar-refractivity contribution is 7.47. The number of likely N-dealkylation sites (N-methyl/N-ethyl adjacent to an activating group) is 1. The van der Waals surface area contributed by atoms with Gasteiger partial charge in [0, 0.05) is 6.42 Å². The molecule has 0 aromatic heterocycles.